The number of hydrogen-bond donors (Lipinski definition) is 1. The lowest BCUT2D eigenvalue weighted by Gasteiger charge is -2.29. The molecule has 6 aromatic rings. The van der Waals surface area contributed by atoms with Crippen LogP contribution in [0, 0.1) is 0 Å². The van der Waals surface area contributed by atoms with Gasteiger partial charge in [0.2, 0.25) is 0 Å². The van der Waals surface area contributed by atoms with Gasteiger partial charge in [-0.05, 0) is 78.4 Å². The quantitative estimate of drug-likeness (QED) is 0.149. The maximum atomic E-state index is 5.93. The van der Waals surface area contributed by atoms with Crippen molar-refractivity contribution in [1.82, 2.24) is 9.97 Å². The van der Waals surface area contributed by atoms with Gasteiger partial charge in [-0.15, -0.1) is 0 Å². The Bertz CT molecular complexity index is 1610. The second-order valence-corrected chi connectivity index (χ2v) is 13.6. The minimum absolute atomic E-state index is 0.701. The van der Waals surface area contributed by atoms with E-state index in [2.05, 4.69) is 127 Å². The van der Waals surface area contributed by atoms with Gasteiger partial charge in [0.25, 0.3) is 0 Å². The molecule has 0 amide bonds. The molecule has 3 nitrogen and oxygen atoms in total. The lowest BCUT2D eigenvalue weighted by atomic mass is 9.88. The van der Waals surface area contributed by atoms with Crippen molar-refractivity contribution in [2.75, 3.05) is 6.54 Å². The van der Waals surface area contributed by atoms with E-state index in [0.29, 0.717) is 6.54 Å². The number of aromatic nitrogens is 2. The first kappa shape index (κ1) is 27.7. The van der Waals surface area contributed by atoms with Crippen LogP contribution < -0.4 is 27.2 Å². The summed E-state index contributed by atoms with van der Waals surface area (Å²) in [4.78, 5) is 10.2. The molecule has 4 heteroatoms. The van der Waals surface area contributed by atoms with Gasteiger partial charge in [0.15, 0.2) is 18.1 Å². The number of rotatable bonds is 10. The molecule has 4 aromatic carbocycles. The average Bonchev–Trinajstić information content (AvgIpc) is 3.08. The Labute approximate surface area is 249 Å². The molecular weight excluding hydrogens is 529 g/mol. The van der Waals surface area contributed by atoms with Crippen molar-refractivity contribution in [2.45, 2.75) is 19.3 Å². The summed E-state index contributed by atoms with van der Waals surface area (Å²) in [6, 6.07) is 49.8. The van der Waals surface area contributed by atoms with E-state index < -0.39 is 7.26 Å². The normalized spacial score (nSPS) is 11.4. The fourth-order valence-electron chi connectivity index (χ4n) is 5.94. The van der Waals surface area contributed by atoms with Crippen LogP contribution in [0.3, 0.4) is 0 Å². The fraction of sp³-hybridized carbons (Fsp3) is 0.105. The zero-order valence-corrected chi connectivity index (χ0v) is 24.6. The molecular formula is C38H35N3P+. The van der Waals surface area contributed by atoms with E-state index in [1.54, 1.807) is 0 Å². The van der Waals surface area contributed by atoms with Crippen molar-refractivity contribution in [1.29, 1.82) is 0 Å². The monoisotopic (exact) mass is 564 g/mol. The second kappa shape index (κ2) is 13.0. The van der Waals surface area contributed by atoms with Crippen LogP contribution in [0.25, 0.3) is 22.3 Å². The van der Waals surface area contributed by atoms with Crippen LogP contribution in [-0.2, 0) is 6.42 Å². The van der Waals surface area contributed by atoms with Crippen LogP contribution >= 0.6 is 7.26 Å². The molecule has 2 aromatic heterocycles. The zero-order valence-electron chi connectivity index (χ0n) is 23.7. The first-order valence-corrected chi connectivity index (χ1v) is 16.4. The number of benzene rings is 4. The Balaban J connectivity index is 1.80. The summed E-state index contributed by atoms with van der Waals surface area (Å²) in [6.45, 7) is 0.701. The van der Waals surface area contributed by atoms with Gasteiger partial charge in [-0.2, -0.15) is 0 Å². The number of unbranched alkanes of at least 4 members (excludes halogenated alkanes) is 1. The smallest absolute Gasteiger partial charge is 0.199 e. The maximum absolute atomic E-state index is 5.93. The van der Waals surface area contributed by atoms with Crippen molar-refractivity contribution < 1.29 is 0 Å². The molecule has 0 bridgehead atoms. The van der Waals surface area contributed by atoms with Crippen LogP contribution in [0.15, 0.2) is 152 Å². The predicted octanol–water partition coefficient (Wildman–Crippen LogP) is 6.71. The van der Waals surface area contributed by atoms with Crippen LogP contribution in [-0.4, -0.2) is 16.5 Å². The molecule has 0 atom stereocenters. The van der Waals surface area contributed by atoms with E-state index in [1.807, 2.05) is 24.5 Å². The number of pyridine rings is 2. The van der Waals surface area contributed by atoms with Crippen molar-refractivity contribution in [3.8, 4) is 22.3 Å². The highest BCUT2D eigenvalue weighted by molar-refractivity contribution is 8.01. The van der Waals surface area contributed by atoms with E-state index in [0.717, 1.165) is 30.1 Å². The summed E-state index contributed by atoms with van der Waals surface area (Å²) >= 11 is 0. The molecule has 206 valence electrons. The van der Waals surface area contributed by atoms with Gasteiger partial charge in [0.05, 0.1) is 0 Å². The van der Waals surface area contributed by atoms with Gasteiger partial charge in [-0.25, -0.2) is 9.97 Å². The Hall–Kier alpha value is -4.43. The third kappa shape index (κ3) is 5.30. The van der Waals surface area contributed by atoms with Crippen molar-refractivity contribution in [3.05, 3.63) is 157 Å². The third-order valence-corrected chi connectivity index (χ3v) is 11.9. The maximum Gasteiger partial charge on any atom is 0.199 e. The first-order chi connectivity index (χ1) is 20.8. The molecule has 0 aliphatic rings. The van der Waals surface area contributed by atoms with E-state index in [-0.39, 0.29) is 0 Å². The van der Waals surface area contributed by atoms with Crippen LogP contribution in [0.5, 0.6) is 0 Å². The average molecular weight is 565 g/mol. The summed E-state index contributed by atoms with van der Waals surface area (Å²) in [7, 11) is -2.55. The molecule has 0 unspecified atom stereocenters. The lowest BCUT2D eigenvalue weighted by molar-refractivity contribution is 0.746. The largest absolute Gasteiger partial charge is 0.330 e. The highest BCUT2D eigenvalue weighted by Crippen LogP contribution is 2.56. The van der Waals surface area contributed by atoms with Crippen molar-refractivity contribution in [2.24, 2.45) is 5.73 Å². The molecule has 0 saturated heterocycles. The summed E-state index contributed by atoms with van der Waals surface area (Å²) in [6.07, 6.45) is 6.84. The molecule has 0 saturated carbocycles. The van der Waals surface area contributed by atoms with Gasteiger partial charge >= 0.3 is 0 Å². The molecule has 0 fully saturated rings. The van der Waals surface area contributed by atoms with Crippen LogP contribution in [0.2, 0.25) is 0 Å². The summed E-state index contributed by atoms with van der Waals surface area (Å²) < 4.78 is 0. The molecule has 0 aliphatic carbocycles. The highest BCUT2D eigenvalue weighted by Gasteiger charge is 2.52. The number of aryl methyl sites for hydroxylation is 1. The number of hydrogen-bond acceptors (Lipinski definition) is 3. The van der Waals surface area contributed by atoms with Gasteiger partial charge in [-0.3, -0.25) is 0 Å². The lowest BCUT2D eigenvalue weighted by Crippen LogP contribution is -2.42. The standard InChI is InChI=1S/C38H35N3P/c39-27-13-10-20-32-25-26-34(38(31-18-6-2-7-19-31)37(32)30-16-4-1-5-17-30)42(33-21-8-3-9-22-33,35-23-11-14-28-40-35)36-24-12-15-29-41-36/h1-9,11-12,14-19,21-26,28-29H,10,13,20,27,39H2/q+1. The predicted molar refractivity (Wildman–Crippen MR) is 180 cm³/mol. The van der Waals surface area contributed by atoms with Crippen LogP contribution in [0.1, 0.15) is 18.4 Å². The van der Waals surface area contributed by atoms with Crippen molar-refractivity contribution in [3.63, 3.8) is 0 Å². The van der Waals surface area contributed by atoms with Gasteiger partial charge in [0, 0.05) is 30.1 Å². The van der Waals surface area contributed by atoms with E-state index in [4.69, 9.17) is 15.7 Å². The second-order valence-electron chi connectivity index (χ2n) is 10.4. The minimum atomic E-state index is -2.55. The van der Waals surface area contributed by atoms with Gasteiger partial charge in [-0.1, -0.05) is 97.1 Å². The first-order valence-electron chi connectivity index (χ1n) is 14.6. The number of nitrogens with two attached hydrogens (primary N) is 1. The Morgan fingerprint density at radius 3 is 1.55 bits per heavy atom. The zero-order chi connectivity index (χ0) is 28.6. The van der Waals surface area contributed by atoms with E-state index in [9.17, 15) is 0 Å². The van der Waals surface area contributed by atoms with Gasteiger partial charge in [0.1, 0.15) is 10.6 Å². The number of nitrogens with zero attached hydrogens (tertiary/aromatic N) is 2. The summed E-state index contributed by atoms with van der Waals surface area (Å²) in [5.41, 5.74) is 14.3. The molecule has 0 aliphatic heterocycles. The van der Waals surface area contributed by atoms with E-state index >= 15 is 0 Å². The van der Waals surface area contributed by atoms with E-state index in [1.165, 1.54) is 38.4 Å². The fourth-order valence-corrected chi connectivity index (χ4v) is 10.1. The highest BCUT2D eigenvalue weighted by atomic mass is 31.2. The molecule has 0 spiro atoms. The van der Waals surface area contributed by atoms with Gasteiger partial charge < -0.3 is 5.73 Å². The Morgan fingerprint density at radius 2 is 1.02 bits per heavy atom. The van der Waals surface area contributed by atoms with Crippen LogP contribution in [0.4, 0.5) is 0 Å². The molecule has 2 N–H and O–H groups in total. The minimum Gasteiger partial charge on any atom is -0.330 e. The summed E-state index contributed by atoms with van der Waals surface area (Å²) in [5.74, 6) is 0. The molecule has 42 heavy (non-hydrogen) atoms. The Morgan fingerprint density at radius 1 is 0.500 bits per heavy atom. The SMILES string of the molecule is NCCCCc1ccc([P+](c2ccccc2)(c2ccccn2)c2ccccn2)c(-c2ccccc2)c1-c1ccccc1. The molecule has 2 heterocycles. The molecule has 0 radical (unpaired) electrons. The van der Waals surface area contributed by atoms with Crippen molar-refractivity contribution >= 4 is 28.7 Å². The third-order valence-electron chi connectivity index (χ3n) is 7.79. The molecule has 6 rings (SSSR count). The Kier molecular flexibility index (Phi) is 8.61. The summed E-state index contributed by atoms with van der Waals surface area (Å²) in [5, 5.41) is 2.49. The topological polar surface area (TPSA) is 51.8 Å².